The van der Waals surface area contributed by atoms with E-state index in [4.69, 9.17) is 4.74 Å². The number of ketones is 2. The van der Waals surface area contributed by atoms with Crippen LogP contribution in [0.3, 0.4) is 0 Å². The van der Waals surface area contributed by atoms with Crippen molar-refractivity contribution >= 4 is 11.6 Å². The third kappa shape index (κ3) is 2.25. The third-order valence-electron chi connectivity index (χ3n) is 8.05. The van der Waals surface area contributed by atoms with E-state index < -0.39 is 41.0 Å². The van der Waals surface area contributed by atoms with Gasteiger partial charge in [-0.25, -0.2) is 0 Å². The summed E-state index contributed by atoms with van der Waals surface area (Å²) >= 11 is 0. The van der Waals surface area contributed by atoms with E-state index in [9.17, 15) is 24.9 Å². The van der Waals surface area contributed by atoms with Crippen LogP contribution < -0.4 is 0 Å². The van der Waals surface area contributed by atoms with Crippen molar-refractivity contribution in [3.63, 3.8) is 0 Å². The van der Waals surface area contributed by atoms with Crippen molar-refractivity contribution in [3.05, 3.63) is 0 Å². The van der Waals surface area contributed by atoms with Crippen molar-refractivity contribution in [3.8, 4) is 0 Å². The highest BCUT2D eigenvalue weighted by atomic mass is 16.6. The highest BCUT2D eigenvalue weighted by molar-refractivity contribution is 6.06. The lowest BCUT2D eigenvalue weighted by Crippen LogP contribution is -2.57. The molecule has 1 aliphatic heterocycles. The van der Waals surface area contributed by atoms with Crippen LogP contribution in [0.2, 0.25) is 0 Å². The molecule has 6 heteroatoms. The van der Waals surface area contributed by atoms with Crippen LogP contribution in [-0.2, 0) is 14.3 Å². The van der Waals surface area contributed by atoms with E-state index in [0.29, 0.717) is 13.0 Å². The normalized spacial score (nSPS) is 55.2. The lowest BCUT2D eigenvalue weighted by Gasteiger charge is -2.38. The number of fused-ring (bicyclic) bond motifs is 2. The molecule has 0 radical (unpaired) electrons. The second kappa shape index (κ2) is 5.37. The van der Waals surface area contributed by atoms with Gasteiger partial charge in [-0.1, -0.05) is 20.8 Å². The number of aliphatic hydroxyl groups is 3. The Balaban J connectivity index is 1.81. The zero-order chi connectivity index (χ0) is 19.2. The Kier molecular flexibility index (Phi) is 3.83. The van der Waals surface area contributed by atoms with Gasteiger partial charge in [-0.3, -0.25) is 9.59 Å². The summed E-state index contributed by atoms with van der Waals surface area (Å²) in [5.74, 6) is -2.89. The Bertz CT molecular complexity index is 653. The highest BCUT2D eigenvalue weighted by Gasteiger charge is 2.71. The summed E-state index contributed by atoms with van der Waals surface area (Å²) in [6.45, 7) is 7.68. The van der Waals surface area contributed by atoms with Crippen LogP contribution in [-0.4, -0.2) is 56.9 Å². The van der Waals surface area contributed by atoms with Crippen LogP contribution >= 0.6 is 0 Å². The Hall–Kier alpha value is -0.820. The zero-order valence-electron chi connectivity index (χ0n) is 15.9. The van der Waals surface area contributed by atoms with Crippen LogP contribution in [0.25, 0.3) is 0 Å². The van der Waals surface area contributed by atoms with Crippen LogP contribution in [0.5, 0.6) is 0 Å². The molecule has 0 unspecified atom stereocenters. The molecule has 1 heterocycles. The molecule has 26 heavy (non-hydrogen) atoms. The molecule has 1 spiro atoms. The van der Waals surface area contributed by atoms with E-state index in [1.807, 2.05) is 0 Å². The van der Waals surface area contributed by atoms with E-state index in [-0.39, 0.29) is 35.4 Å². The van der Waals surface area contributed by atoms with Gasteiger partial charge in [0.2, 0.25) is 0 Å². The first-order valence-corrected chi connectivity index (χ1v) is 9.74. The summed E-state index contributed by atoms with van der Waals surface area (Å²) in [5, 5.41) is 33.1. The Morgan fingerprint density at radius 3 is 2.38 bits per heavy atom. The maximum atomic E-state index is 13.5. The molecule has 9 atom stereocenters. The highest BCUT2D eigenvalue weighted by Crippen LogP contribution is 2.66. The van der Waals surface area contributed by atoms with Gasteiger partial charge in [-0.15, -0.1) is 0 Å². The number of carbonyl (C=O) groups excluding carboxylic acids is 2. The van der Waals surface area contributed by atoms with E-state index in [0.717, 1.165) is 6.42 Å². The number of epoxide rings is 1. The molecule has 0 aromatic carbocycles. The second-order valence-electron chi connectivity index (χ2n) is 9.87. The van der Waals surface area contributed by atoms with Crippen LogP contribution in [0.4, 0.5) is 0 Å². The first-order chi connectivity index (χ1) is 12.0. The Morgan fingerprint density at radius 2 is 1.85 bits per heavy atom. The standard InChI is InChI=1S/C20H30O6/c1-9-7-20(25)14(15(9)22)17(24)19(8-26-19)6-5-11-13(18(11,3)4)12(10(2)21)16(20)23/h9,11-15,17,22,24-25H,5-8H2,1-4H3/t9-,11-,12+,13-,14+,15-,17+,19+,20+/m0/s1. The van der Waals surface area contributed by atoms with Crippen LogP contribution in [0.15, 0.2) is 0 Å². The molecule has 4 aliphatic rings. The lowest BCUT2D eigenvalue weighted by atomic mass is 9.71. The van der Waals surface area contributed by atoms with Crippen molar-refractivity contribution in [2.24, 2.45) is 35.0 Å². The van der Waals surface area contributed by atoms with Crippen molar-refractivity contribution < 1.29 is 29.6 Å². The average Bonchev–Trinajstić information content (AvgIpc) is 3.39. The molecule has 3 aliphatic carbocycles. The fourth-order valence-electron chi connectivity index (χ4n) is 6.25. The fraction of sp³-hybridized carbons (Fsp3) is 0.900. The van der Waals surface area contributed by atoms with Gasteiger partial charge in [0.05, 0.1) is 30.7 Å². The minimum Gasteiger partial charge on any atom is -0.392 e. The predicted molar refractivity (Wildman–Crippen MR) is 92.1 cm³/mol. The quantitative estimate of drug-likeness (QED) is 0.466. The topological polar surface area (TPSA) is 107 Å². The van der Waals surface area contributed by atoms with Crippen molar-refractivity contribution in [2.75, 3.05) is 6.61 Å². The van der Waals surface area contributed by atoms with Gasteiger partial charge >= 0.3 is 0 Å². The summed E-state index contributed by atoms with van der Waals surface area (Å²) in [7, 11) is 0. The van der Waals surface area contributed by atoms with Crippen molar-refractivity contribution in [1.29, 1.82) is 0 Å². The summed E-state index contributed by atoms with van der Waals surface area (Å²) in [6, 6.07) is 0. The maximum Gasteiger partial charge on any atom is 0.175 e. The van der Waals surface area contributed by atoms with Gasteiger partial charge in [0.1, 0.15) is 17.0 Å². The SMILES string of the molecule is CC(=O)[C@H]1C(=O)[C@@]2(O)C[C@H](C)[C@H](O)[C@@H]2[C@@H](O)[C@@]2(CC[C@H]3[C@@H]1C3(C)C)CO2. The summed E-state index contributed by atoms with van der Waals surface area (Å²) < 4.78 is 5.61. The summed E-state index contributed by atoms with van der Waals surface area (Å²) in [4.78, 5) is 25.9. The predicted octanol–water partition coefficient (Wildman–Crippen LogP) is 0.705. The summed E-state index contributed by atoms with van der Waals surface area (Å²) in [6.07, 6.45) is -0.683. The zero-order valence-corrected chi connectivity index (χ0v) is 15.9. The number of aliphatic hydroxyl groups excluding tert-OH is 2. The molecule has 4 fully saturated rings. The number of carbonyl (C=O) groups is 2. The molecule has 0 bridgehead atoms. The fourth-order valence-corrected chi connectivity index (χ4v) is 6.25. The number of Topliss-reactive ketones (excluding diaryl/α,β-unsaturated/α-hetero) is 2. The Labute approximate surface area is 153 Å². The number of hydrogen-bond donors (Lipinski definition) is 3. The molecular formula is C20H30O6. The Morgan fingerprint density at radius 1 is 1.23 bits per heavy atom. The van der Waals surface area contributed by atoms with E-state index >= 15 is 0 Å². The summed E-state index contributed by atoms with van der Waals surface area (Å²) in [5.41, 5.74) is -2.84. The third-order valence-corrected chi connectivity index (χ3v) is 8.05. The monoisotopic (exact) mass is 366 g/mol. The van der Waals surface area contributed by atoms with E-state index in [1.165, 1.54) is 6.92 Å². The number of hydrogen-bond acceptors (Lipinski definition) is 6. The second-order valence-corrected chi connectivity index (χ2v) is 9.87. The number of rotatable bonds is 1. The first kappa shape index (κ1) is 18.5. The van der Waals surface area contributed by atoms with Crippen LogP contribution in [0.1, 0.15) is 47.0 Å². The molecule has 0 aromatic rings. The largest absolute Gasteiger partial charge is 0.392 e. The van der Waals surface area contributed by atoms with Gasteiger partial charge < -0.3 is 20.1 Å². The molecular weight excluding hydrogens is 336 g/mol. The van der Waals surface area contributed by atoms with Gasteiger partial charge in [-0.05, 0) is 49.4 Å². The number of ether oxygens (including phenoxy) is 1. The average molecular weight is 366 g/mol. The van der Waals surface area contributed by atoms with Crippen molar-refractivity contribution in [2.45, 2.75) is 70.4 Å². The maximum absolute atomic E-state index is 13.5. The molecule has 1 saturated heterocycles. The lowest BCUT2D eigenvalue weighted by molar-refractivity contribution is -0.162. The molecule has 0 aromatic heterocycles. The minimum absolute atomic E-state index is 0.0619. The molecule has 4 rings (SSSR count). The van der Waals surface area contributed by atoms with E-state index in [2.05, 4.69) is 13.8 Å². The minimum atomic E-state index is -1.89. The molecule has 146 valence electrons. The molecule has 3 N–H and O–H groups in total. The molecule has 0 amide bonds. The smallest absolute Gasteiger partial charge is 0.175 e. The molecule has 3 saturated carbocycles. The first-order valence-electron chi connectivity index (χ1n) is 9.74. The van der Waals surface area contributed by atoms with Gasteiger partial charge in [0.25, 0.3) is 0 Å². The van der Waals surface area contributed by atoms with Gasteiger partial charge in [0, 0.05) is 0 Å². The van der Waals surface area contributed by atoms with Gasteiger partial charge in [-0.2, -0.15) is 0 Å². The van der Waals surface area contributed by atoms with Gasteiger partial charge in [0.15, 0.2) is 5.78 Å². The van der Waals surface area contributed by atoms with Crippen LogP contribution in [0, 0.1) is 35.0 Å². The van der Waals surface area contributed by atoms with E-state index in [1.54, 1.807) is 6.92 Å². The van der Waals surface area contributed by atoms with Crippen molar-refractivity contribution in [1.82, 2.24) is 0 Å². The molecule has 6 nitrogen and oxygen atoms in total.